The highest BCUT2D eigenvalue weighted by atomic mass is 16.5. The van der Waals surface area contributed by atoms with Crippen LogP contribution in [0.15, 0.2) is 54.9 Å². The highest BCUT2D eigenvalue weighted by Gasteiger charge is 2.18. The van der Waals surface area contributed by atoms with Crippen LogP contribution in [0.1, 0.15) is 23.3 Å². The largest absolute Gasteiger partial charge is 0.493 e. The smallest absolute Gasteiger partial charge is 0.255 e. The Bertz CT molecular complexity index is 1040. The molecule has 0 fully saturated rings. The van der Waals surface area contributed by atoms with Crippen LogP contribution in [0.4, 0.5) is 11.4 Å². The monoisotopic (exact) mass is 424 g/mol. The summed E-state index contributed by atoms with van der Waals surface area (Å²) >= 11 is 0. The Morgan fingerprint density at radius 3 is 2.13 bits per heavy atom. The van der Waals surface area contributed by atoms with Gasteiger partial charge < -0.3 is 24.8 Å². The molecule has 1 unspecified atom stereocenters. The molecule has 2 amide bonds. The van der Waals surface area contributed by atoms with Gasteiger partial charge in [-0.1, -0.05) is 6.07 Å². The molecule has 2 N–H and O–H groups in total. The van der Waals surface area contributed by atoms with Gasteiger partial charge in [0.25, 0.3) is 5.91 Å². The molecule has 0 saturated heterocycles. The molecule has 31 heavy (non-hydrogen) atoms. The maximum atomic E-state index is 12.8. The maximum Gasteiger partial charge on any atom is 0.255 e. The topological polar surface area (TPSA) is 104 Å². The van der Waals surface area contributed by atoms with Crippen molar-refractivity contribution >= 4 is 23.2 Å². The van der Waals surface area contributed by atoms with Gasteiger partial charge in [0, 0.05) is 29.3 Å². The molecule has 1 aromatic heterocycles. The Labute approximate surface area is 179 Å². The van der Waals surface area contributed by atoms with Gasteiger partial charge in [0.05, 0.1) is 21.3 Å². The molecule has 0 spiro atoms. The molecule has 9 heteroatoms. The lowest BCUT2D eigenvalue weighted by atomic mass is 10.1. The first-order valence-corrected chi connectivity index (χ1v) is 9.48. The zero-order chi connectivity index (χ0) is 22.4. The van der Waals surface area contributed by atoms with Gasteiger partial charge in [-0.2, -0.15) is 5.10 Å². The number of nitrogens with one attached hydrogen (secondary N) is 2. The van der Waals surface area contributed by atoms with E-state index in [0.29, 0.717) is 34.2 Å². The summed E-state index contributed by atoms with van der Waals surface area (Å²) < 4.78 is 17.4. The van der Waals surface area contributed by atoms with E-state index in [1.807, 2.05) is 0 Å². The van der Waals surface area contributed by atoms with E-state index >= 15 is 0 Å². The average molecular weight is 424 g/mol. The van der Waals surface area contributed by atoms with Crippen LogP contribution in [-0.4, -0.2) is 42.9 Å². The van der Waals surface area contributed by atoms with E-state index in [0.717, 1.165) is 0 Å². The summed E-state index contributed by atoms with van der Waals surface area (Å²) in [6.45, 7) is 1.75. The number of carbonyl (C=O) groups is 2. The van der Waals surface area contributed by atoms with Crippen molar-refractivity contribution in [3.8, 4) is 17.2 Å². The van der Waals surface area contributed by atoms with Crippen LogP contribution < -0.4 is 24.8 Å². The van der Waals surface area contributed by atoms with E-state index in [2.05, 4.69) is 15.7 Å². The molecule has 2 aromatic carbocycles. The van der Waals surface area contributed by atoms with Crippen LogP contribution in [0.3, 0.4) is 0 Å². The van der Waals surface area contributed by atoms with Crippen LogP contribution in [0, 0.1) is 0 Å². The lowest BCUT2D eigenvalue weighted by Gasteiger charge is -2.15. The van der Waals surface area contributed by atoms with E-state index < -0.39 is 6.04 Å². The number of amides is 2. The molecule has 0 saturated carbocycles. The Morgan fingerprint density at radius 1 is 0.935 bits per heavy atom. The number of ether oxygens (including phenoxy) is 3. The minimum atomic E-state index is -0.479. The van der Waals surface area contributed by atoms with Crippen molar-refractivity contribution in [3.05, 3.63) is 60.4 Å². The number of aromatic nitrogens is 2. The molecule has 0 aliphatic heterocycles. The molecule has 3 rings (SSSR count). The Morgan fingerprint density at radius 2 is 1.58 bits per heavy atom. The van der Waals surface area contributed by atoms with E-state index in [9.17, 15) is 9.59 Å². The predicted octanol–water partition coefficient (Wildman–Crippen LogP) is 3.36. The lowest BCUT2D eigenvalue weighted by Crippen LogP contribution is -2.24. The van der Waals surface area contributed by atoms with Crippen LogP contribution >= 0.6 is 0 Å². The first-order valence-electron chi connectivity index (χ1n) is 9.48. The third-order valence-electron chi connectivity index (χ3n) is 4.62. The van der Waals surface area contributed by atoms with Crippen LogP contribution in [0.2, 0.25) is 0 Å². The molecular formula is C22H24N4O5. The van der Waals surface area contributed by atoms with Crippen LogP contribution in [0.5, 0.6) is 17.2 Å². The van der Waals surface area contributed by atoms with Gasteiger partial charge in [-0.15, -0.1) is 0 Å². The van der Waals surface area contributed by atoms with Crippen LogP contribution in [-0.2, 0) is 4.79 Å². The molecule has 3 aromatic rings. The van der Waals surface area contributed by atoms with E-state index in [1.54, 1.807) is 66.5 Å². The summed E-state index contributed by atoms with van der Waals surface area (Å²) in [5.41, 5.74) is 1.39. The summed E-state index contributed by atoms with van der Waals surface area (Å²) in [6.07, 6.45) is 3.33. The first kappa shape index (κ1) is 21.7. The third-order valence-corrected chi connectivity index (χ3v) is 4.62. The van der Waals surface area contributed by atoms with Crippen molar-refractivity contribution in [2.45, 2.75) is 13.0 Å². The molecule has 9 nitrogen and oxygen atoms in total. The van der Waals surface area contributed by atoms with Crippen molar-refractivity contribution < 1.29 is 23.8 Å². The molecule has 1 atom stereocenters. The van der Waals surface area contributed by atoms with Crippen molar-refractivity contribution in [3.63, 3.8) is 0 Å². The van der Waals surface area contributed by atoms with Crippen LogP contribution in [0.25, 0.3) is 0 Å². The summed E-state index contributed by atoms with van der Waals surface area (Å²) in [7, 11) is 4.46. The average Bonchev–Trinajstić information content (AvgIpc) is 3.32. The second kappa shape index (κ2) is 9.66. The number of benzene rings is 2. The molecule has 162 valence electrons. The fourth-order valence-corrected chi connectivity index (χ4v) is 2.97. The van der Waals surface area contributed by atoms with E-state index in [1.165, 1.54) is 21.3 Å². The zero-order valence-corrected chi connectivity index (χ0v) is 17.7. The standard InChI is InChI=1S/C22H24N4O5/c1-14(26-10-6-9-23-26)21(27)24-16-7-5-8-17(13-16)25-22(28)15-11-18(29-2)20(31-4)19(12-15)30-3/h5-14H,1-4H3,(H,24,27)(H,25,28). The summed E-state index contributed by atoms with van der Waals surface area (Å²) in [5.74, 6) is 0.559. The molecule has 0 radical (unpaired) electrons. The minimum absolute atomic E-state index is 0.225. The third kappa shape index (κ3) is 4.95. The van der Waals surface area contributed by atoms with Crippen molar-refractivity contribution in [2.75, 3.05) is 32.0 Å². The quantitative estimate of drug-likeness (QED) is 0.575. The van der Waals surface area contributed by atoms with Gasteiger partial charge in [-0.25, -0.2) is 0 Å². The van der Waals surface area contributed by atoms with E-state index in [-0.39, 0.29) is 11.8 Å². The lowest BCUT2D eigenvalue weighted by molar-refractivity contribution is -0.119. The van der Waals surface area contributed by atoms with Gasteiger partial charge in [0.15, 0.2) is 11.5 Å². The van der Waals surface area contributed by atoms with E-state index in [4.69, 9.17) is 14.2 Å². The van der Waals surface area contributed by atoms with Crippen molar-refractivity contribution in [2.24, 2.45) is 0 Å². The molecule has 0 aliphatic rings. The number of carbonyl (C=O) groups excluding carboxylic acids is 2. The highest BCUT2D eigenvalue weighted by molar-refractivity contribution is 6.05. The minimum Gasteiger partial charge on any atom is -0.493 e. The second-order valence-corrected chi connectivity index (χ2v) is 6.60. The Hall–Kier alpha value is -4.01. The van der Waals surface area contributed by atoms with Gasteiger partial charge in [0.2, 0.25) is 11.7 Å². The fraction of sp³-hybridized carbons (Fsp3) is 0.227. The molecular weight excluding hydrogens is 400 g/mol. The number of rotatable bonds is 8. The molecule has 0 bridgehead atoms. The SMILES string of the molecule is COc1cc(C(=O)Nc2cccc(NC(=O)C(C)n3cccn3)c2)cc(OC)c1OC. The number of hydrogen-bond acceptors (Lipinski definition) is 6. The highest BCUT2D eigenvalue weighted by Crippen LogP contribution is 2.38. The number of anilines is 2. The predicted molar refractivity (Wildman–Crippen MR) is 116 cm³/mol. The molecule has 0 aliphatic carbocycles. The second-order valence-electron chi connectivity index (χ2n) is 6.60. The van der Waals surface area contributed by atoms with Crippen molar-refractivity contribution in [1.29, 1.82) is 0 Å². The number of methoxy groups -OCH3 is 3. The number of hydrogen-bond donors (Lipinski definition) is 2. The first-order chi connectivity index (χ1) is 15.0. The zero-order valence-electron chi connectivity index (χ0n) is 17.7. The summed E-state index contributed by atoms with van der Waals surface area (Å²) in [5, 5.41) is 9.72. The number of nitrogens with zero attached hydrogens (tertiary/aromatic N) is 2. The van der Waals surface area contributed by atoms with Gasteiger partial charge in [0.1, 0.15) is 6.04 Å². The Kier molecular flexibility index (Phi) is 6.76. The Balaban J connectivity index is 1.75. The fourth-order valence-electron chi connectivity index (χ4n) is 2.97. The molecule has 1 heterocycles. The van der Waals surface area contributed by atoms with Gasteiger partial charge in [-0.05, 0) is 43.3 Å². The normalized spacial score (nSPS) is 11.4. The van der Waals surface area contributed by atoms with Crippen molar-refractivity contribution in [1.82, 2.24) is 9.78 Å². The van der Waals surface area contributed by atoms with Gasteiger partial charge in [-0.3, -0.25) is 14.3 Å². The summed E-state index contributed by atoms with van der Waals surface area (Å²) in [4.78, 5) is 25.3. The maximum absolute atomic E-state index is 12.8. The summed E-state index contributed by atoms with van der Waals surface area (Å²) in [6, 6.07) is 11.3. The van der Waals surface area contributed by atoms with Gasteiger partial charge >= 0.3 is 0 Å².